The Morgan fingerprint density at radius 3 is 1.90 bits per heavy atom. The zero-order valence-corrected chi connectivity index (χ0v) is 21.6. The van der Waals surface area contributed by atoms with Gasteiger partial charge in [0.15, 0.2) is 17.6 Å². The minimum Gasteiger partial charge on any atom is -0.508 e. The molecule has 0 fully saturated rings. The molecule has 4 aromatic rings. The summed E-state index contributed by atoms with van der Waals surface area (Å²) >= 11 is 0. The Labute approximate surface area is 237 Å². The SMILES string of the molecule is Oc1cc(O)cc([C@@H]2Oc3cc(O)cc(O)c3[C@@H](c3c(O)cc(O)c4c3O[C@H](c3ccc(O)c(O)c3)[C@@H](O)C4)[C@@H]2O)c1. The number of phenolic OH excluding ortho intramolecular Hbond substituents is 8. The van der Waals surface area contributed by atoms with Gasteiger partial charge in [-0.1, -0.05) is 6.07 Å². The second-order valence-electron chi connectivity index (χ2n) is 10.4. The predicted octanol–water partition coefficient (Wildman–Crippen LogP) is 3.00. The summed E-state index contributed by atoms with van der Waals surface area (Å²) in [5.74, 6) is -4.92. The number of phenols is 8. The molecule has 0 unspecified atom stereocenters. The molecule has 218 valence electrons. The minimum absolute atomic E-state index is 0.0438. The van der Waals surface area contributed by atoms with E-state index in [9.17, 15) is 51.1 Å². The van der Waals surface area contributed by atoms with E-state index in [1.165, 1.54) is 36.4 Å². The Kier molecular flexibility index (Phi) is 6.24. The first kappa shape index (κ1) is 27.0. The van der Waals surface area contributed by atoms with Crippen molar-refractivity contribution < 1.29 is 60.5 Å². The summed E-state index contributed by atoms with van der Waals surface area (Å²) in [6.07, 6.45) is -5.53. The molecule has 6 rings (SSSR count). The van der Waals surface area contributed by atoms with Gasteiger partial charge in [-0.3, -0.25) is 0 Å². The van der Waals surface area contributed by atoms with Crippen molar-refractivity contribution in [1.82, 2.24) is 0 Å². The summed E-state index contributed by atoms with van der Waals surface area (Å²) in [5, 5.41) is 106. The zero-order valence-electron chi connectivity index (χ0n) is 21.6. The molecule has 0 aliphatic carbocycles. The molecule has 0 saturated carbocycles. The molecular weight excluding hydrogens is 552 g/mol. The van der Waals surface area contributed by atoms with Gasteiger partial charge in [-0.05, 0) is 29.8 Å². The van der Waals surface area contributed by atoms with Crippen molar-refractivity contribution >= 4 is 0 Å². The van der Waals surface area contributed by atoms with Crippen LogP contribution in [0.1, 0.15) is 45.9 Å². The van der Waals surface area contributed by atoms with E-state index >= 15 is 0 Å². The van der Waals surface area contributed by atoms with Crippen LogP contribution in [0.15, 0.2) is 54.6 Å². The summed E-state index contributed by atoms with van der Waals surface area (Å²) < 4.78 is 12.1. The van der Waals surface area contributed by atoms with E-state index in [1.54, 1.807) is 0 Å². The number of aliphatic hydroxyl groups excluding tert-OH is 2. The third-order valence-corrected chi connectivity index (χ3v) is 7.60. The van der Waals surface area contributed by atoms with Crippen molar-refractivity contribution in [3.05, 3.63) is 82.4 Å². The number of hydrogen-bond acceptors (Lipinski definition) is 12. The number of ether oxygens (including phenoxy) is 2. The highest BCUT2D eigenvalue weighted by Crippen LogP contribution is 2.57. The highest BCUT2D eigenvalue weighted by molar-refractivity contribution is 5.65. The fraction of sp³-hybridized carbons (Fsp3) is 0.200. The smallest absolute Gasteiger partial charge is 0.157 e. The van der Waals surface area contributed by atoms with E-state index in [4.69, 9.17) is 9.47 Å². The summed E-state index contributed by atoms with van der Waals surface area (Å²) in [4.78, 5) is 0. The molecule has 2 aliphatic rings. The van der Waals surface area contributed by atoms with Gasteiger partial charge < -0.3 is 60.5 Å². The van der Waals surface area contributed by atoms with E-state index in [0.717, 1.165) is 18.2 Å². The molecule has 0 saturated heterocycles. The van der Waals surface area contributed by atoms with Crippen LogP contribution in [0.25, 0.3) is 0 Å². The van der Waals surface area contributed by atoms with Gasteiger partial charge >= 0.3 is 0 Å². The van der Waals surface area contributed by atoms with Crippen LogP contribution >= 0.6 is 0 Å². The molecule has 12 nitrogen and oxygen atoms in total. The van der Waals surface area contributed by atoms with Crippen LogP contribution in [0.4, 0.5) is 0 Å². The lowest BCUT2D eigenvalue weighted by Gasteiger charge is -2.40. The van der Waals surface area contributed by atoms with E-state index in [1.807, 2.05) is 0 Å². The fourth-order valence-electron chi connectivity index (χ4n) is 5.77. The van der Waals surface area contributed by atoms with Crippen LogP contribution in [0.3, 0.4) is 0 Å². The first-order valence-corrected chi connectivity index (χ1v) is 12.8. The number of aliphatic hydroxyl groups is 2. The third-order valence-electron chi connectivity index (χ3n) is 7.60. The molecule has 0 amide bonds. The molecule has 12 heteroatoms. The Morgan fingerprint density at radius 1 is 0.548 bits per heavy atom. The minimum atomic E-state index is -1.62. The van der Waals surface area contributed by atoms with Crippen molar-refractivity contribution in [2.75, 3.05) is 0 Å². The summed E-state index contributed by atoms with van der Waals surface area (Å²) in [6.45, 7) is 0. The Bertz CT molecular complexity index is 1700. The lowest BCUT2D eigenvalue weighted by molar-refractivity contribution is 0.00111. The van der Waals surface area contributed by atoms with E-state index in [-0.39, 0.29) is 63.0 Å². The van der Waals surface area contributed by atoms with Gasteiger partial charge in [0, 0.05) is 52.9 Å². The van der Waals surface area contributed by atoms with E-state index in [2.05, 4.69) is 0 Å². The van der Waals surface area contributed by atoms with Gasteiger partial charge in [0.1, 0.15) is 58.2 Å². The lowest BCUT2D eigenvalue weighted by Crippen LogP contribution is -2.36. The van der Waals surface area contributed by atoms with Crippen molar-refractivity contribution in [3.8, 4) is 57.5 Å². The maximum absolute atomic E-state index is 11.8. The summed E-state index contributed by atoms with van der Waals surface area (Å²) in [7, 11) is 0. The first-order valence-electron chi connectivity index (χ1n) is 12.8. The number of fused-ring (bicyclic) bond motifs is 2. The van der Waals surface area contributed by atoms with E-state index < -0.39 is 59.1 Å². The molecule has 2 heterocycles. The van der Waals surface area contributed by atoms with Gasteiger partial charge in [0.25, 0.3) is 0 Å². The van der Waals surface area contributed by atoms with Crippen LogP contribution in [-0.2, 0) is 6.42 Å². The number of benzene rings is 4. The Hall–Kier alpha value is -5.20. The monoisotopic (exact) mass is 578 g/mol. The predicted molar refractivity (Wildman–Crippen MR) is 143 cm³/mol. The zero-order chi connectivity index (χ0) is 30.0. The average molecular weight is 579 g/mol. The molecule has 0 bridgehead atoms. The molecule has 42 heavy (non-hydrogen) atoms. The van der Waals surface area contributed by atoms with Crippen molar-refractivity contribution in [2.45, 2.75) is 36.8 Å². The molecule has 0 radical (unpaired) electrons. The highest BCUT2D eigenvalue weighted by atomic mass is 16.5. The normalized spacial score (nSPS) is 22.9. The Balaban J connectivity index is 1.56. The Morgan fingerprint density at radius 2 is 1.21 bits per heavy atom. The maximum Gasteiger partial charge on any atom is 0.157 e. The van der Waals surface area contributed by atoms with Crippen molar-refractivity contribution in [3.63, 3.8) is 0 Å². The summed E-state index contributed by atoms with van der Waals surface area (Å²) in [6, 6.07) is 10.6. The van der Waals surface area contributed by atoms with Gasteiger partial charge in [-0.2, -0.15) is 0 Å². The molecular formula is C30H26O12. The van der Waals surface area contributed by atoms with Crippen molar-refractivity contribution in [2.24, 2.45) is 0 Å². The van der Waals surface area contributed by atoms with Gasteiger partial charge in [0.05, 0.1) is 12.0 Å². The number of aromatic hydroxyl groups is 8. The topological polar surface area (TPSA) is 221 Å². The molecule has 10 N–H and O–H groups in total. The molecule has 4 aromatic carbocycles. The standard InChI is InChI=1S/C30H26O12/c31-13-3-12(4-14(32)6-13)29-27(40)26(24-20(37)7-15(33)8-23(24)41-29)25-21(38)10-18(35)16-9-22(39)28(42-30(16)25)11-1-2-17(34)19(36)5-11/h1-8,10,22,26-29,31-40H,9H2/t22-,26-,27-,28+,29-/m0/s1. The molecule has 5 atom stereocenters. The number of rotatable bonds is 3. The largest absolute Gasteiger partial charge is 0.508 e. The third kappa shape index (κ3) is 4.33. The molecule has 2 aliphatic heterocycles. The molecule has 0 spiro atoms. The van der Waals surface area contributed by atoms with Gasteiger partial charge in [-0.25, -0.2) is 0 Å². The van der Waals surface area contributed by atoms with Crippen LogP contribution in [0, 0.1) is 0 Å². The molecule has 0 aromatic heterocycles. The highest BCUT2D eigenvalue weighted by Gasteiger charge is 2.46. The quantitative estimate of drug-likeness (QED) is 0.159. The second kappa shape index (κ2) is 9.72. The first-order chi connectivity index (χ1) is 19.9. The lowest BCUT2D eigenvalue weighted by atomic mass is 9.77. The van der Waals surface area contributed by atoms with Gasteiger partial charge in [0.2, 0.25) is 0 Å². The second-order valence-corrected chi connectivity index (χ2v) is 10.4. The average Bonchev–Trinajstić information content (AvgIpc) is 2.90. The fourth-order valence-corrected chi connectivity index (χ4v) is 5.77. The maximum atomic E-state index is 11.8. The van der Waals surface area contributed by atoms with Crippen LogP contribution in [-0.4, -0.2) is 63.3 Å². The van der Waals surface area contributed by atoms with Gasteiger partial charge in [-0.15, -0.1) is 0 Å². The van der Waals surface area contributed by atoms with E-state index in [0.29, 0.717) is 0 Å². The number of hydrogen-bond donors (Lipinski definition) is 10. The van der Waals surface area contributed by atoms with Crippen LogP contribution in [0.5, 0.6) is 57.5 Å². The van der Waals surface area contributed by atoms with Crippen molar-refractivity contribution in [1.29, 1.82) is 0 Å². The van der Waals surface area contributed by atoms with Crippen LogP contribution in [0.2, 0.25) is 0 Å². The van der Waals surface area contributed by atoms with Crippen LogP contribution < -0.4 is 9.47 Å². The summed E-state index contributed by atoms with van der Waals surface area (Å²) in [5.41, 5.74) is 0.317.